The quantitative estimate of drug-likeness (QED) is 0.140. The number of fused-ring (bicyclic) bond motifs is 2. The standard InChI is InChI=1S/C47H39N/c1-30-27-42(39-26-24-32-29-33(47(2,3)4)28-31-23-25-36(30)45(39)43(31)32)44-37-19-11-13-21-40(37)46(41-22-14-12-20-38(41)44)48(34-15-7-5-8-16-34)35-17-9-6-10-18-35/h5,7-9,11-29H,6,10H2,1-4H3. The van der Waals surface area contributed by atoms with Crippen LogP contribution in [0.5, 0.6) is 0 Å². The van der Waals surface area contributed by atoms with Gasteiger partial charge in [0.15, 0.2) is 0 Å². The first-order valence-electron chi connectivity index (χ1n) is 17.3. The second kappa shape index (κ2) is 10.8. The van der Waals surface area contributed by atoms with Crippen LogP contribution in [0.25, 0.3) is 65.0 Å². The van der Waals surface area contributed by atoms with E-state index in [9.17, 15) is 0 Å². The second-order valence-electron chi connectivity index (χ2n) is 14.5. The summed E-state index contributed by atoms with van der Waals surface area (Å²) in [6.45, 7) is 9.21. The van der Waals surface area contributed by atoms with Crippen molar-refractivity contribution in [1.82, 2.24) is 0 Å². The monoisotopic (exact) mass is 617 g/mol. The third-order valence-electron chi connectivity index (χ3n) is 10.4. The van der Waals surface area contributed by atoms with Gasteiger partial charge in [-0.3, -0.25) is 0 Å². The smallest absolute Gasteiger partial charge is 0.0618 e. The molecule has 1 aliphatic rings. The molecule has 48 heavy (non-hydrogen) atoms. The van der Waals surface area contributed by atoms with Crippen molar-refractivity contribution in [3.05, 3.63) is 156 Å². The highest BCUT2D eigenvalue weighted by Gasteiger charge is 2.25. The largest absolute Gasteiger partial charge is 0.310 e. The summed E-state index contributed by atoms with van der Waals surface area (Å²) < 4.78 is 0. The highest BCUT2D eigenvalue weighted by atomic mass is 15.1. The molecule has 0 aromatic heterocycles. The number of rotatable bonds is 4. The minimum atomic E-state index is 0.0855. The zero-order chi connectivity index (χ0) is 32.6. The predicted molar refractivity (Wildman–Crippen MR) is 209 cm³/mol. The molecule has 232 valence electrons. The molecule has 9 rings (SSSR count). The van der Waals surface area contributed by atoms with Crippen molar-refractivity contribution >= 4 is 65.2 Å². The van der Waals surface area contributed by atoms with Crippen molar-refractivity contribution in [2.75, 3.05) is 4.90 Å². The van der Waals surface area contributed by atoms with Crippen LogP contribution in [-0.4, -0.2) is 0 Å². The van der Waals surface area contributed by atoms with Crippen LogP contribution in [0, 0.1) is 6.92 Å². The van der Waals surface area contributed by atoms with Gasteiger partial charge in [-0.05, 0) is 109 Å². The van der Waals surface area contributed by atoms with E-state index in [-0.39, 0.29) is 5.41 Å². The number of benzene rings is 8. The molecule has 0 heterocycles. The Hall–Kier alpha value is -5.40. The molecule has 0 atom stereocenters. The van der Waals surface area contributed by atoms with Crippen LogP contribution in [0.1, 0.15) is 44.7 Å². The zero-order valence-electron chi connectivity index (χ0n) is 28.1. The van der Waals surface area contributed by atoms with E-state index in [1.54, 1.807) is 0 Å². The SMILES string of the molecule is Cc1cc(-c2c3ccccc3c(N(C3=CCCC=C3)c3ccccc3)c3ccccc23)c2ccc3cc(C(C)(C)C)cc4ccc1c2c43. The van der Waals surface area contributed by atoms with E-state index < -0.39 is 0 Å². The van der Waals surface area contributed by atoms with Crippen LogP contribution in [0.3, 0.4) is 0 Å². The summed E-state index contributed by atoms with van der Waals surface area (Å²) in [5.41, 5.74) is 9.02. The maximum Gasteiger partial charge on any atom is 0.0618 e. The summed E-state index contributed by atoms with van der Waals surface area (Å²) in [4.78, 5) is 2.48. The summed E-state index contributed by atoms with van der Waals surface area (Å²) in [7, 11) is 0. The molecular formula is C47H39N. The lowest BCUT2D eigenvalue weighted by molar-refractivity contribution is 0.591. The summed E-state index contributed by atoms with van der Waals surface area (Å²) in [5.74, 6) is 0. The second-order valence-corrected chi connectivity index (χ2v) is 14.5. The number of aryl methyl sites for hydroxylation is 1. The van der Waals surface area contributed by atoms with Crippen molar-refractivity contribution in [2.45, 2.75) is 46.0 Å². The van der Waals surface area contributed by atoms with Crippen molar-refractivity contribution in [1.29, 1.82) is 0 Å². The number of anilines is 2. The fraction of sp³-hybridized carbons (Fsp3) is 0.149. The number of allylic oxidation sites excluding steroid dienone is 3. The zero-order valence-corrected chi connectivity index (χ0v) is 28.1. The van der Waals surface area contributed by atoms with Gasteiger partial charge in [-0.15, -0.1) is 0 Å². The molecule has 1 nitrogen and oxygen atoms in total. The number of hydrogen-bond acceptors (Lipinski definition) is 1. The molecule has 0 bridgehead atoms. The van der Waals surface area contributed by atoms with Crippen LogP contribution in [0.2, 0.25) is 0 Å². The molecule has 0 N–H and O–H groups in total. The summed E-state index contributed by atoms with van der Waals surface area (Å²) in [6, 6.07) is 45.6. The lowest BCUT2D eigenvalue weighted by atomic mass is 9.81. The molecule has 0 radical (unpaired) electrons. The van der Waals surface area contributed by atoms with E-state index in [1.165, 1.54) is 93.2 Å². The van der Waals surface area contributed by atoms with E-state index in [4.69, 9.17) is 0 Å². The van der Waals surface area contributed by atoms with Crippen molar-refractivity contribution in [3.63, 3.8) is 0 Å². The van der Waals surface area contributed by atoms with Gasteiger partial charge in [0.25, 0.3) is 0 Å². The van der Waals surface area contributed by atoms with Gasteiger partial charge < -0.3 is 4.90 Å². The molecule has 0 unspecified atom stereocenters. The molecule has 0 saturated heterocycles. The molecule has 8 aromatic carbocycles. The Labute approximate surface area is 282 Å². The first kappa shape index (κ1) is 28.8. The van der Waals surface area contributed by atoms with E-state index >= 15 is 0 Å². The average Bonchev–Trinajstić information content (AvgIpc) is 3.11. The Morgan fingerprint density at radius 1 is 0.562 bits per heavy atom. The Bertz CT molecular complexity index is 2520. The molecule has 0 saturated carbocycles. The summed E-state index contributed by atoms with van der Waals surface area (Å²) in [5, 5.41) is 13.1. The topological polar surface area (TPSA) is 3.24 Å². The fourth-order valence-electron chi connectivity index (χ4n) is 8.12. The molecule has 8 aromatic rings. The molecule has 0 fully saturated rings. The van der Waals surface area contributed by atoms with E-state index in [2.05, 4.69) is 172 Å². The van der Waals surface area contributed by atoms with Crippen LogP contribution >= 0.6 is 0 Å². The third kappa shape index (κ3) is 4.38. The first-order chi connectivity index (χ1) is 23.4. The van der Waals surface area contributed by atoms with Gasteiger partial charge in [0.1, 0.15) is 0 Å². The van der Waals surface area contributed by atoms with E-state index in [0.29, 0.717) is 0 Å². The van der Waals surface area contributed by atoms with Gasteiger partial charge >= 0.3 is 0 Å². The van der Waals surface area contributed by atoms with Crippen molar-refractivity contribution in [2.24, 2.45) is 0 Å². The normalized spacial score (nSPS) is 13.7. The van der Waals surface area contributed by atoms with Gasteiger partial charge in [0.05, 0.1) is 5.69 Å². The van der Waals surface area contributed by atoms with Crippen LogP contribution in [-0.2, 0) is 5.41 Å². The fourth-order valence-corrected chi connectivity index (χ4v) is 8.12. The Morgan fingerprint density at radius 3 is 1.77 bits per heavy atom. The maximum atomic E-state index is 2.48. The van der Waals surface area contributed by atoms with Crippen molar-refractivity contribution in [3.8, 4) is 11.1 Å². The van der Waals surface area contributed by atoms with Crippen molar-refractivity contribution < 1.29 is 0 Å². The van der Waals surface area contributed by atoms with Gasteiger partial charge in [0.2, 0.25) is 0 Å². The van der Waals surface area contributed by atoms with Gasteiger partial charge in [-0.25, -0.2) is 0 Å². The first-order valence-corrected chi connectivity index (χ1v) is 17.3. The number of hydrogen-bond donors (Lipinski definition) is 0. The average molecular weight is 618 g/mol. The number of nitrogens with zero attached hydrogens (tertiary/aromatic N) is 1. The Balaban J connectivity index is 1.41. The minimum absolute atomic E-state index is 0.0855. The van der Waals surface area contributed by atoms with E-state index in [0.717, 1.165) is 12.8 Å². The molecule has 1 heteroatoms. The highest BCUT2D eigenvalue weighted by molar-refractivity contribution is 6.30. The Morgan fingerprint density at radius 2 is 1.17 bits per heavy atom. The van der Waals surface area contributed by atoms with Gasteiger partial charge in [-0.2, -0.15) is 0 Å². The lowest BCUT2D eigenvalue weighted by Crippen LogP contribution is -2.17. The molecule has 0 amide bonds. The summed E-state index contributed by atoms with van der Waals surface area (Å²) >= 11 is 0. The molecule has 0 spiro atoms. The highest BCUT2D eigenvalue weighted by Crippen LogP contribution is 2.50. The lowest BCUT2D eigenvalue weighted by Gasteiger charge is -2.31. The number of para-hydroxylation sites is 1. The molecule has 0 aliphatic heterocycles. The maximum absolute atomic E-state index is 2.48. The van der Waals surface area contributed by atoms with Crippen LogP contribution in [0.4, 0.5) is 11.4 Å². The Kier molecular flexibility index (Phi) is 6.49. The van der Waals surface area contributed by atoms with Gasteiger partial charge in [0, 0.05) is 22.2 Å². The van der Waals surface area contributed by atoms with Crippen LogP contribution in [0.15, 0.2) is 145 Å². The minimum Gasteiger partial charge on any atom is -0.310 e. The van der Waals surface area contributed by atoms with Gasteiger partial charge in [-0.1, -0.05) is 142 Å². The summed E-state index contributed by atoms with van der Waals surface area (Å²) in [6.07, 6.45) is 9.12. The third-order valence-corrected chi connectivity index (χ3v) is 10.4. The molecular weight excluding hydrogens is 579 g/mol. The van der Waals surface area contributed by atoms with Crippen LogP contribution < -0.4 is 4.90 Å². The molecule has 1 aliphatic carbocycles. The van der Waals surface area contributed by atoms with E-state index in [1.807, 2.05) is 0 Å². The predicted octanol–water partition coefficient (Wildman–Crippen LogP) is 13.5.